The van der Waals surface area contributed by atoms with Crippen LogP contribution in [0.5, 0.6) is 0 Å². The third kappa shape index (κ3) is 2.35. The Morgan fingerprint density at radius 2 is 2.53 bits per heavy atom. The Morgan fingerprint density at radius 3 is 3.32 bits per heavy atom. The van der Waals surface area contributed by atoms with Crippen LogP contribution in [-0.2, 0) is 17.8 Å². The third-order valence-corrected chi connectivity index (χ3v) is 4.57. The average molecular weight is 276 g/mol. The lowest BCUT2D eigenvalue weighted by molar-refractivity contribution is -0.123. The molecule has 19 heavy (non-hydrogen) atoms. The number of nitrogen functional groups attached to an aromatic ring is 1. The molecule has 0 saturated carbocycles. The number of hydrogen-bond donors (Lipinski definition) is 3. The number of aryl methyl sites for hydroxylation is 1. The summed E-state index contributed by atoms with van der Waals surface area (Å²) in [7, 11) is 0. The minimum Gasteiger partial charge on any atom is -0.384 e. The van der Waals surface area contributed by atoms with E-state index in [0.29, 0.717) is 12.4 Å². The van der Waals surface area contributed by atoms with Gasteiger partial charge in [0, 0.05) is 17.0 Å². The molecule has 4 N–H and O–H groups in total. The van der Waals surface area contributed by atoms with Crippen molar-refractivity contribution < 1.29 is 4.79 Å². The average Bonchev–Trinajstić information content (AvgIpc) is 3.04. The summed E-state index contributed by atoms with van der Waals surface area (Å²) >= 11 is 1.75. The minimum atomic E-state index is -0.0110. The standard InChI is InChI=1S/C13H16N4OS/c14-12-8(7-16-17-12)6-15-13(18)10-2-1-3-11-9(10)4-5-19-11/h4-5,7,10H,1-3,6H2,(H,15,18)(H3,14,16,17). The van der Waals surface area contributed by atoms with E-state index in [9.17, 15) is 4.79 Å². The summed E-state index contributed by atoms with van der Waals surface area (Å²) in [5.41, 5.74) is 7.73. The molecule has 0 aromatic carbocycles. The van der Waals surface area contributed by atoms with Crippen LogP contribution in [0, 0.1) is 0 Å². The van der Waals surface area contributed by atoms with Crippen LogP contribution in [0.4, 0.5) is 5.82 Å². The Morgan fingerprint density at radius 1 is 1.63 bits per heavy atom. The molecule has 3 rings (SSSR count). The van der Waals surface area contributed by atoms with Gasteiger partial charge in [-0.3, -0.25) is 9.89 Å². The molecule has 1 atom stereocenters. The van der Waals surface area contributed by atoms with Crippen LogP contribution in [-0.4, -0.2) is 16.1 Å². The van der Waals surface area contributed by atoms with Gasteiger partial charge in [-0.1, -0.05) is 0 Å². The lowest BCUT2D eigenvalue weighted by Gasteiger charge is -2.21. The van der Waals surface area contributed by atoms with Crippen LogP contribution < -0.4 is 11.1 Å². The van der Waals surface area contributed by atoms with Crippen molar-refractivity contribution in [3.63, 3.8) is 0 Å². The first-order valence-corrected chi connectivity index (χ1v) is 7.25. The molecule has 1 amide bonds. The number of rotatable bonds is 3. The van der Waals surface area contributed by atoms with E-state index in [1.54, 1.807) is 17.5 Å². The highest BCUT2D eigenvalue weighted by Gasteiger charge is 2.27. The quantitative estimate of drug-likeness (QED) is 0.799. The van der Waals surface area contributed by atoms with Gasteiger partial charge in [0.25, 0.3) is 0 Å². The fraction of sp³-hybridized carbons (Fsp3) is 0.385. The number of hydrogen-bond acceptors (Lipinski definition) is 4. The zero-order valence-corrected chi connectivity index (χ0v) is 11.3. The summed E-state index contributed by atoms with van der Waals surface area (Å²) in [6.07, 6.45) is 4.76. The van der Waals surface area contributed by atoms with E-state index in [1.165, 1.54) is 10.4 Å². The highest BCUT2D eigenvalue weighted by atomic mass is 32.1. The number of anilines is 1. The van der Waals surface area contributed by atoms with Gasteiger partial charge in [-0.05, 0) is 36.3 Å². The second-order valence-corrected chi connectivity index (χ2v) is 5.77. The number of aromatic nitrogens is 2. The Labute approximate surface area is 115 Å². The number of fused-ring (bicyclic) bond motifs is 1. The second kappa shape index (κ2) is 5.05. The minimum absolute atomic E-state index is 0.0110. The molecule has 0 aliphatic heterocycles. The van der Waals surface area contributed by atoms with Crippen LogP contribution in [0.2, 0.25) is 0 Å². The van der Waals surface area contributed by atoms with Gasteiger partial charge in [-0.15, -0.1) is 11.3 Å². The molecular weight excluding hydrogens is 260 g/mol. The molecule has 100 valence electrons. The van der Waals surface area contributed by atoms with Gasteiger partial charge < -0.3 is 11.1 Å². The summed E-state index contributed by atoms with van der Waals surface area (Å²) in [4.78, 5) is 13.6. The van der Waals surface area contributed by atoms with Gasteiger partial charge in [-0.25, -0.2) is 0 Å². The van der Waals surface area contributed by atoms with Gasteiger partial charge >= 0.3 is 0 Å². The number of carbonyl (C=O) groups is 1. The molecule has 0 fully saturated rings. The fourth-order valence-corrected chi connectivity index (χ4v) is 3.51. The Kier molecular flexibility index (Phi) is 3.25. The molecule has 0 spiro atoms. The molecular formula is C13H16N4OS. The first-order valence-electron chi connectivity index (χ1n) is 6.37. The molecule has 2 aromatic heterocycles. The molecule has 1 aliphatic carbocycles. The van der Waals surface area contributed by atoms with Gasteiger partial charge in [0.2, 0.25) is 5.91 Å². The maximum Gasteiger partial charge on any atom is 0.227 e. The van der Waals surface area contributed by atoms with Crippen LogP contribution in [0.1, 0.15) is 34.8 Å². The predicted molar refractivity (Wildman–Crippen MR) is 74.8 cm³/mol. The molecule has 0 saturated heterocycles. The van der Waals surface area contributed by atoms with Crippen LogP contribution in [0.25, 0.3) is 0 Å². The van der Waals surface area contributed by atoms with Gasteiger partial charge in [0.15, 0.2) is 0 Å². The van der Waals surface area contributed by atoms with E-state index < -0.39 is 0 Å². The van der Waals surface area contributed by atoms with Crippen molar-refractivity contribution in [3.8, 4) is 0 Å². The molecule has 6 heteroatoms. The number of thiophene rings is 1. The summed E-state index contributed by atoms with van der Waals surface area (Å²) < 4.78 is 0. The molecule has 1 aliphatic rings. The molecule has 5 nitrogen and oxygen atoms in total. The molecule has 1 unspecified atom stereocenters. The number of aromatic amines is 1. The van der Waals surface area contributed by atoms with Crippen LogP contribution >= 0.6 is 11.3 Å². The number of H-pyrrole nitrogens is 1. The van der Waals surface area contributed by atoms with E-state index in [1.807, 2.05) is 0 Å². The number of carbonyl (C=O) groups excluding carboxylic acids is 1. The summed E-state index contributed by atoms with van der Waals surface area (Å²) in [6.45, 7) is 0.428. The Hall–Kier alpha value is -1.82. The monoisotopic (exact) mass is 276 g/mol. The first-order chi connectivity index (χ1) is 9.25. The normalized spacial score (nSPS) is 18.0. The molecule has 0 radical (unpaired) electrons. The van der Waals surface area contributed by atoms with Crippen molar-refractivity contribution in [2.45, 2.75) is 31.7 Å². The lowest BCUT2D eigenvalue weighted by Crippen LogP contribution is -2.30. The molecule has 2 aromatic rings. The summed E-state index contributed by atoms with van der Waals surface area (Å²) in [5.74, 6) is 0.586. The van der Waals surface area contributed by atoms with E-state index >= 15 is 0 Å². The molecule has 2 heterocycles. The maximum atomic E-state index is 12.3. The van der Waals surface area contributed by atoms with Crippen molar-refractivity contribution in [1.82, 2.24) is 15.5 Å². The smallest absolute Gasteiger partial charge is 0.227 e. The van der Waals surface area contributed by atoms with Crippen molar-refractivity contribution in [3.05, 3.63) is 33.6 Å². The lowest BCUT2D eigenvalue weighted by atomic mass is 9.87. The fourth-order valence-electron chi connectivity index (χ4n) is 2.53. The summed E-state index contributed by atoms with van der Waals surface area (Å²) in [5, 5.41) is 11.5. The summed E-state index contributed by atoms with van der Waals surface area (Å²) in [6, 6.07) is 2.08. The predicted octanol–water partition coefficient (Wildman–Crippen LogP) is 1.79. The van der Waals surface area contributed by atoms with Crippen molar-refractivity contribution in [2.75, 3.05) is 5.73 Å². The van der Waals surface area contributed by atoms with Crippen molar-refractivity contribution >= 4 is 23.1 Å². The highest BCUT2D eigenvalue weighted by molar-refractivity contribution is 7.10. The van der Waals surface area contributed by atoms with Crippen molar-refractivity contribution in [2.24, 2.45) is 0 Å². The van der Waals surface area contributed by atoms with Gasteiger partial charge in [-0.2, -0.15) is 5.10 Å². The number of amides is 1. The number of nitrogens with two attached hydrogens (primary N) is 1. The van der Waals surface area contributed by atoms with Crippen molar-refractivity contribution in [1.29, 1.82) is 0 Å². The largest absolute Gasteiger partial charge is 0.384 e. The zero-order valence-electron chi connectivity index (χ0n) is 10.5. The Bertz CT molecular complexity index is 589. The number of nitrogens with one attached hydrogen (secondary N) is 2. The molecule has 0 bridgehead atoms. The van der Waals surface area contributed by atoms with E-state index in [4.69, 9.17) is 5.73 Å². The van der Waals surface area contributed by atoms with E-state index in [0.717, 1.165) is 24.8 Å². The highest BCUT2D eigenvalue weighted by Crippen LogP contribution is 2.35. The maximum absolute atomic E-state index is 12.3. The third-order valence-electron chi connectivity index (χ3n) is 3.57. The topological polar surface area (TPSA) is 83.8 Å². The zero-order chi connectivity index (χ0) is 13.2. The van der Waals surface area contributed by atoms with E-state index in [-0.39, 0.29) is 11.8 Å². The van der Waals surface area contributed by atoms with E-state index in [2.05, 4.69) is 27.0 Å². The SMILES string of the molecule is Nc1[nH]ncc1CNC(=O)C1CCCc2sccc21. The Balaban J connectivity index is 1.68. The van der Waals surface area contributed by atoms with Crippen LogP contribution in [0.15, 0.2) is 17.6 Å². The number of nitrogens with zero attached hydrogens (tertiary/aromatic N) is 1. The van der Waals surface area contributed by atoms with Crippen LogP contribution in [0.3, 0.4) is 0 Å². The van der Waals surface area contributed by atoms with Gasteiger partial charge in [0.05, 0.1) is 12.1 Å². The second-order valence-electron chi connectivity index (χ2n) is 4.77. The first kappa shape index (κ1) is 12.2. The van der Waals surface area contributed by atoms with Gasteiger partial charge in [0.1, 0.15) is 5.82 Å².